The van der Waals surface area contributed by atoms with Gasteiger partial charge < -0.3 is 10.3 Å². The summed E-state index contributed by atoms with van der Waals surface area (Å²) in [5.41, 5.74) is 4.04. The summed E-state index contributed by atoms with van der Waals surface area (Å²) in [7, 11) is 1.75. The molecule has 4 rings (SSSR count). The highest BCUT2D eigenvalue weighted by molar-refractivity contribution is 6.35. The van der Waals surface area contributed by atoms with Gasteiger partial charge in [-0.1, -0.05) is 42.8 Å². The zero-order valence-electron chi connectivity index (χ0n) is 19.7. The van der Waals surface area contributed by atoms with Crippen molar-refractivity contribution < 1.29 is 0 Å². The maximum absolute atomic E-state index is 8.75. The van der Waals surface area contributed by atoms with Crippen molar-refractivity contribution in [3.8, 4) is 0 Å². The van der Waals surface area contributed by atoms with E-state index in [-0.39, 0.29) is 5.92 Å². The highest BCUT2D eigenvalue weighted by Gasteiger charge is 2.33. The van der Waals surface area contributed by atoms with Crippen molar-refractivity contribution in [3.63, 3.8) is 0 Å². The summed E-state index contributed by atoms with van der Waals surface area (Å²) >= 11 is 6.51. The predicted octanol–water partition coefficient (Wildman–Crippen LogP) is 5.78. The standard InChI is InChI=1S/C26H31ClN6/c1-5-18-9-8-12-22(33(18)16(2)3)31-26-30-15-17-13-14-21(28)23(24(17)32-26)25(29-4)19-10-6-7-11-20(19)27/h6-8,10-12,15-16,18,23,28H,5,9,13-14H2,1-4H3. The molecule has 2 unspecified atom stereocenters. The van der Waals surface area contributed by atoms with Crippen molar-refractivity contribution in [1.82, 2.24) is 14.9 Å². The second-order valence-electron chi connectivity index (χ2n) is 8.80. The Kier molecular flexibility index (Phi) is 7.03. The number of benzene rings is 1. The molecule has 0 bridgehead atoms. The molecule has 0 saturated heterocycles. The molecule has 0 spiro atoms. The highest BCUT2D eigenvalue weighted by Crippen LogP contribution is 2.34. The van der Waals surface area contributed by atoms with E-state index >= 15 is 0 Å². The summed E-state index contributed by atoms with van der Waals surface area (Å²) in [5.74, 6) is 0.957. The summed E-state index contributed by atoms with van der Waals surface area (Å²) in [6.07, 6.45) is 9.59. The van der Waals surface area contributed by atoms with Crippen molar-refractivity contribution in [2.45, 2.75) is 64.5 Å². The number of aliphatic imine (C=N–C) groups is 2. The Bertz CT molecular complexity index is 1130. The summed E-state index contributed by atoms with van der Waals surface area (Å²) in [5, 5.41) is 9.38. The van der Waals surface area contributed by atoms with E-state index in [1.807, 2.05) is 30.5 Å². The van der Waals surface area contributed by atoms with Gasteiger partial charge in [-0.2, -0.15) is 4.99 Å². The van der Waals surface area contributed by atoms with Crippen LogP contribution in [-0.2, 0) is 6.42 Å². The molecule has 6 nitrogen and oxygen atoms in total. The van der Waals surface area contributed by atoms with E-state index in [1.54, 1.807) is 7.05 Å². The first kappa shape index (κ1) is 23.3. The van der Waals surface area contributed by atoms with Gasteiger partial charge in [-0.05, 0) is 57.2 Å². The number of hydrogen-bond donors (Lipinski definition) is 1. The number of aryl methyl sites for hydroxylation is 1. The molecule has 0 fully saturated rings. The van der Waals surface area contributed by atoms with E-state index in [1.165, 1.54) is 0 Å². The van der Waals surface area contributed by atoms with E-state index in [4.69, 9.17) is 27.0 Å². The molecule has 0 amide bonds. The van der Waals surface area contributed by atoms with Gasteiger partial charge in [-0.25, -0.2) is 9.97 Å². The molecule has 0 radical (unpaired) electrons. The lowest BCUT2D eigenvalue weighted by Crippen LogP contribution is -2.45. The van der Waals surface area contributed by atoms with Gasteiger partial charge in [-0.15, -0.1) is 0 Å². The van der Waals surface area contributed by atoms with Crippen LogP contribution in [0.4, 0.5) is 5.95 Å². The average Bonchev–Trinajstić information content (AvgIpc) is 2.81. The van der Waals surface area contributed by atoms with Gasteiger partial charge >= 0.3 is 0 Å². The zero-order valence-corrected chi connectivity index (χ0v) is 20.5. The first-order chi connectivity index (χ1) is 15.9. The molecule has 2 heterocycles. The summed E-state index contributed by atoms with van der Waals surface area (Å²) < 4.78 is 0. The molecule has 1 aliphatic carbocycles. The Labute approximate surface area is 201 Å². The Morgan fingerprint density at radius 1 is 1.27 bits per heavy atom. The second-order valence-corrected chi connectivity index (χ2v) is 9.21. The number of fused-ring (bicyclic) bond motifs is 1. The normalized spacial score (nSPS) is 22.2. The zero-order chi connectivity index (χ0) is 23.5. The van der Waals surface area contributed by atoms with Crippen LogP contribution in [0.2, 0.25) is 5.02 Å². The third kappa shape index (κ3) is 4.62. The quantitative estimate of drug-likeness (QED) is 0.572. The lowest BCUT2D eigenvalue weighted by atomic mass is 9.80. The molecule has 1 aromatic heterocycles. The molecule has 1 aromatic carbocycles. The van der Waals surface area contributed by atoms with E-state index in [0.717, 1.165) is 47.6 Å². The lowest BCUT2D eigenvalue weighted by molar-refractivity contribution is 0.251. The van der Waals surface area contributed by atoms with Crippen LogP contribution in [0.5, 0.6) is 0 Å². The Morgan fingerprint density at radius 2 is 2.06 bits per heavy atom. The fourth-order valence-corrected chi connectivity index (χ4v) is 5.05. The number of amidine groups is 1. The van der Waals surface area contributed by atoms with Crippen molar-refractivity contribution in [2.75, 3.05) is 7.05 Å². The third-order valence-electron chi connectivity index (χ3n) is 6.41. The van der Waals surface area contributed by atoms with Crippen molar-refractivity contribution in [1.29, 1.82) is 5.41 Å². The summed E-state index contributed by atoms with van der Waals surface area (Å²) in [4.78, 5) is 21.2. The average molecular weight is 463 g/mol. The molecule has 7 heteroatoms. The topological polar surface area (TPSA) is 77.6 Å². The minimum Gasteiger partial charge on any atom is -0.351 e. The smallest absolute Gasteiger partial charge is 0.251 e. The Morgan fingerprint density at radius 3 is 2.76 bits per heavy atom. The Hall–Kier alpha value is -2.86. The summed E-state index contributed by atoms with van der Waals surface area (Å²) in [6.45, 7) is 6.59. The largest absolute Gasteiger partial charge is 0.351 e. The minimum absolute atomic E-state index is 0.330. The minimum atomic E-state index is -0.355. The lowest BCUT2D eigenvalue weighted by Gasteiger charge is -2.38. The molecule has 1 N–H and O–H groups in total. The fraction of sp³-hybridized carbons (Fsp3) is 0.423. The van der Waals surface area contributed by atoms with Crippen LogP contribution in [0.3, 0.4) is 0 Å². The van der Waals surface area contributed by atoms with Gasteiger partial charge in [0, 0.05) is 41.6 Å². The molecule has 172 valence electrons. The van der Waals surface area contributed by atoms with E-state index in [0.29, 0.717) is 35.2 Å². The van der Waals surface area contributed by atoms with Gasteiger partial charge in [0.15, 0.2) is 0 Å². The van der Waals surface area contributed by atoms with Crippen molar-refractivity contribution >= 4 is 34.8 Å². The van der Waals surface area contributed by atoms with E-state index in [9.17, 15) is 0 Å². The van der Waals surface area contributed by atoms with Crippen molar-refractivity contribution in [2.24, 2.45) is 9.98 Å². The van der Waals surface area contributed by atoms with Gasteiger partial charge in [0.1, 0.15) is 5.84 Å². The Balaban J connectivity index is 1.78. The third-order valence-corrected chi connectivity index (χ3v) is 6.74. The van der Waals surface area contributed by atoms with E-state index in [2.05, 4.69) is 47.8 Å². The van der Waals surface area contributed by atoms with Crippen LogP contribution in [0, 0.1) is 5.41 Å². The monoisotopic (exact) mass is 462 g/mol. The predicted molar refractivity (Wildman–Crippen MR) is 137 cm³/mol. The number of hydrogen-bond acceptors (Lipinski definition) is 5. The van der Waals surface area contributed by atoms with Gasteiger partial charge in [0.25, 0.3) is 5.95 Å². The SMILES string of the molecule is CCC1CC=CC(=Nc2ncc3c(n2)C(C(=NC)c2ccccc2Cl)C(=N)CC3)N1C(C)C. The van der Waals surface area contributed by atoms with E-state index < -0.39 is 0 Å². The van der Waals surface area contributed by atoms with Crippen LogP contribution in [0.15, 0.2) is 52.6 Å². The molecule has 2 aromatic rings. The van der Waals surface area contributed by atoms with Crippen LogP contribution >= 0.6 is 11.6 Å². The number of rotatable bonds is 5. The number of aromatic nitrogens is 2. The molecule has 2 atom stereocenters. The maximum Gasteiger partial charge on any atom is 0.251 e. The molecule has 1 aliphatic heterocycles. The molecule has 2 aliphatic rings. The number of nitrogens with zero attached hydrogens (tertiary/aromatic N) is 5. The molecular weight excluding hydrogens is 432 g/mol. The summed E-state index contributed by atoms with van der Waals surface area (Å²) in [6, 6.07) is 8.40. The highest BCUT2D eigenvalue weighted by atomic mass is 35.5. The fourth-order valence-electron chi connectivity index (χ4n) is 4.82. The molecule has 33 heavy (non-hydrogen) atoms. The maximum atomic E-state index is 8.75. The first-order valence-electron chi connectivity index (χ1n) is 11.6. The van der Waals surface area contributed by atoms with Crippen LogP contribution in [0.1, 0.15) is 62.8 Å². The van der Waals surface area contributed by atoms with Crippen LogP contribution in [0.25, 0.3) is 0 Å². The van der Waals surface area contributed by atoms with Crippen molar-refractivity contribution in [3.05, 3.63) is 64.5 Å². The van der Waals surface area contributed by atoms with Gasteiger partial charge in [0.2, 0.25) is 0 Å². The van der Waals surface area contributed by atoms with Gasteiger partial charge in [-0.3, -0.25) is 4.99 Å². The van der Waals surface area contributed by atoms with Crippen LogP contribution in [-0.4, -0.2) is 51.3 Å². The number of halogens is 1. The molecular formula is C26H31ClN6. The van der Waals surface area contributed by atoms with Crippen LogP contribution < -0.4 is 0 Å². The van der Waals surface area contributed by atoms with Gasteiger partial charge in [0.05, 0.1) is 17.3 Å². The number of nitrogens with one attached hydrogen (secondary N) is 1. The first-order valence-corrected chi connectivity index (χ1v) is 12.0. The molecule has 0 saturated carbocycles. The second kappa shape index (κ2) is 9.96.